The summed E-state index contributed by atoms with van der Waals surface area (Å²) in [7, 11) is 0. The molecule has 1 aliphatic heterocycles. The molecule has 0 bridgehead atoms. The van der Waals surface area contributed by atoms with E-state index in [4.69, 9.17) is 9.47 Å². The third kappa shape index (κ3) is 32.1. The molecule has 1 rings (SSSR count). The molecular formula is C52H97NO5. The molecule has 340 valence electrons. The maximum Gasteiger partial charge on any atom is 0.308 e. The molecule has 1 aliphatic rings. The number of esters is 2. The predicted molar refractivity (Wildman–Crippen MR) is 248 cm³/mol. The van der Waals surface area contributed by atoms with Crippen molar-refractivity contribution in [3.63, 3.8) is 0 Å². The van der Waals surface area contributed by atoms with Gasteiger partial charge in [-0.3, -0.25) is 14.6 Å². The number of hydrogen-bond donors (Lipinski definition) is 1. The van der Waals surface area contributed by atoms with E-state index in [1.54, 1.807) is 0 Å². The van der Waals surface area contributed by atoms with Crippen LogP contribution in [0.1, 0.15) is 259 Å². The Kier molecular flexibility index (Phi) is 38.1. The second kappa shape index (κ2) is 40.7. The van der Waals surface area contributed by atoms with Crippen LogP contribution in [-0.2, 0) is 19.1 Å². The van der Waals surface area contributed by atoms with E-state index in [1.807, 2.05) is 6.20 Å². The van der Waals surface area contributed by atoms with E-state index in [-0.39, 0.29) is 29.9 Å². The van der Waals surface area contributed by atoms with Crippen molar-refractivity contribution in [2.75, 3.05) is 13.2 Å². The number of unbranched alkanes of at least 4 members (excludes halogenated alkanes) is 20. The summed E-state index contributed by atoms with van der Waals surface area (Å²) < 4.78 is 11.7. The number of carbonyl (C=O) groups excluding carboxylic acids is 2. The lowest BCUT2D eigenvalue weighted by molar-refractivity contribution is -0.150. The first-order chi connectivity index (χ1) is 28.4. The third-order valence-corrected chi connectivity index (χ3v) is 12.7. The number of ether oxygens (including phenoxy) is 2. The fourth-order valence-electron chi connectivity index (χ4n) is 8.75. The molecule has 1 heterocycles. The van der Waals surface area contributed by atoms with Crippen LogP contribution in [0.3, 0.4) is 0 Å². The largest absolute Gasteiger partial charge is 0.465 e. The first-order valence-corrected chi connectivity index (χ1v) is 25.7. The van der Waals surface area contributed by atoms with Gasteiger partial charge in [0.1, 0.15) is 0 Å². The van der Waals surface area contributed by atoms with Crippen LogP contribution in [0.25, 0.3) is 0 Å². The van der Waals surface area contributed by atoms with Gasteiger partial charge in [0, 0.05) is 18.3 Å². The highest BCUT2D eigenvalue weighted by atomic mass is 16.5. The van der Waals surface area contributed by atoms with Crippen molar-refractivity contribution in [3.8, 4) is 0 Å². The summed E-state index contributed by atoms with van der Waals surface area (Å²) in [5.41, 5.74) is 0. The van der Waals surface area contributed by atoms with Gasteiger partial charge in [0.05, 0.1) is 31.2 Å². The first kappa shape index (κ1) is 54.3. The molecule has 58 heavy (non-hydrogen) atoms. The second-order valence-electron chi connectivity index (χ2n) is 18.2. The van der Waals surface area contributed by atoms with Crippen molar-refractivity contribution in [1.29, 1.82) is 0 Å². The van der Waals surface area contributed by atoms with Crippen LogP contribution in [0.4, 0.5) is 0 Å². The van der Waals surface area contributed by atoms with Gasteiger partial charge in [0.15, 0.2) is 0 Å². The maximum absolute atomic E-state index is 13.1. The quantitative estimate of drug-likeness (QED) is 0.0489. The second-order valence-corrected chi connectivity index (χ2v) is 18.2. The zero-order chi connectivity index (χ0) is 42.2. The zero-order valence-electron chi connectivity index (χ0n) is 39.0. The molecule has 0 saturated carbocycles. The minimum atomic E-state index is -0.307. The number of nitrogens with zero attached hydrogens (tertiary/aromatic N) is 1. The lowest BCUT2D eigenvalue weighted by Gasteiger charge is -2.21. The number of aliphatic imine (C=N–C) groups is 1. The van der Waals surface area contributed by atoms with E-state index < -0.39 is 0 Å². The zero-order valence-corrected chi connectivity index (χ0v) is 39.0. The van der Waals surface area contributed by atoms with Gasteiger partial charge < -0.3 is 14.6 Å². The van der Waals surface area contributed by atoms with Crippen molar-refractivity contribution < 1.29 is 24.2 Å². The maximum atomic E-state index is 13.1. The van der Waals surface area contributed by atoms with Crippen LogP contribution < -0.4 is 0 Å². The van der Waals surface area contributed by atoms with Crippen molar-refractivity contribution in [2.45, 2.75) is 265 Å². The van der Waals surface area contributed by atoms with Crippen LogP contribution in [0, 0.1) is 23.7 Å². The Morgan fingerprint density at radius 2 is 0.879 bits per heavy atom. The van der Waals surface area contributed by atoms with Gasteiger partial charge in [-0.15, -0.1) is 0 Å². The highest BCUT2D eigenvalue weighted by Gasteiger charge is 2.21. The Balaban J connectivity index is 2.44. The van der Waals surface area contributed by atoms with Crippen LogP contribution >= 0.6 is 0 Å². The molecule has 0 radical (unpaired) electrons. The number of carbonyl (C=O) groups is 2. The van der Waals surface area contributed by atoms with Gasteiger partial charge in [0.25, 0.3) is 0 Å². The number of allylic oxidation sites excluding steroid dienone is 1. The molecule has 0 aromatic rings. The van der Waals surface area contributed by atoms with Crippen molar-refractivity contribution in [2.24, 2.45) is 28.7 Å². The van der Waals surface area contributed by atoms with E-state index in [9.17, 15) is 14.7 Å². The monoisotopic (exact) mass is 816 g/mol. The van der Waals surface area contributed by atoms with Crippen LogP contribution in [0.2, 0.25) is 0 Å². The van der Waals surface area contributed by atoms with Crippen molar-refractivity contribution in [3.05, 3.63) is 12.3 Å². The van der Waals surface area contributed by atoms with Crippen LogP contribution in [-0.4, -0.2) is 42.6 Å². The van der Waals surface area contributed by atoms with E-state index >= 15 is 0 Å². The molecule has 0 spiro atoms. The molecule has 6 nitrogen and oxygen atoms in total. The number of rotatable bonds is 44. The molecule has 0 fully saturated rings. The van der Waals surface area contributed by atoms with E-state index in [2.05, 4.69) is 45.0 Å². The van der Waals surface area contributed by atoms with Gasteiger partial charge >= 0.3 is 11.9 Å². The molecule has 1 N–H and O–H groups in total. The molecule has 0 aliphatic carbocycles. The molecular weight excluding hydrogens is 719 g/mol. The minimum absolute atomic E-state index is 0.0106. The lowest BCUT2D eigenvalue weighted by Crippen LogP contribution is -2.19. The average molecular weight is 816 g/mol. The summed E-state index contributed by atoms with van der Waals surface area (Å²) in [6.45, 7) is 10.0. The van der Waals surface area contributed by atoms with Gasteiger partial charge in [-0.25, -0.2) is 0 Å². The molecule has 5 atom stereocenters. The molecule has 5 unspecified atom stereocenters. The predicted octanol–water partition coefficient (Wildman–Crippen LogP) is 15.6. The number of aliphatic hydroxyl groups is 1. The summed E-state index contributed by atoms with van der Waals surface area (Å²) in [5.74, 6) is 1.15. The lowest BCUT2D eigenvalue weighted by atomic mass is 9.87. The SMILES string of the molecule is CCCCCCCCC(CCCCCC)C(=O)OCCCCCCC(CCCC1C=CN=C1)CC(O)CCCCOC(=O)C(CCCCCC)CCCCCCCC. The summed E-state index contributed by atoms with van der Waals surface area (Å²) >= 11 is 0. The van der Waals surface area contributed by atoms with E-state index in [0.29, 0.717) is 25.0 Å². The van der Waals surface area contributed by atoms with Gasteiger partial charge in [-0.05, 0) is 70.1 Å². The molecule has 0 amide bonds. The number of aliphatic hydroxyl groups excluding tert-OH is 1. The van der Waals surface area contributed by atoms with Gasteiger partial charge in [0.2, 0.25) is 0 Å². The number of hydrogen-bond acceptors (Lipinski definition) is 6. The van der Waals surface area contributed by atoms with Crippen LogP contribution in [0.15, 0.2) is 17.3 Å². The summed E-state index contributed by atoms with van der Waals surface area (Å²) in [6.07, 6.45) is 46.7. The topological polar surface area (TPSA) is 85.2 Å². The average Bonchev–Trinajstić information content (AvgIpc) is 3.74. The Morgan fingerprint density at radius 1 is 0.500 bits per heavy atom. The highest BCUT2D eigenvalue weighted by molar-refractivity contribution is 5.72. The summed E-state index contributed by atoms with van der Waals surface area (Å²) in [6, 6.07) is 0. The summed E-state index contributed by atoms with van der Waals surface area (Å²) in [5, 5.41) is 11.1. The van der Waals surface area contributed by atoms with Gasteiger partial charge in [-0.2, -0.15) is 0 Å². The molecule has 0 aromatic carbocycles. The smallest absolute Gasteiger partial charge is 0.308 e. The van der Waals surface area contributed by atoms with E-state index in [1.165, 1.54) is 103 Å². The Bertz CT molecular complexity index is 969. The fraction of sp³-hybridized carbons (Fsp3) is 0.904. The Hall–Kier alpha value is -1.69. The highest BCUT2D eigenvalue weighted by Crippen LogP contribution is 2.27. The Labute approximate surface area is 360 Å². The van der Waals surface area contributed by atoms with Crippen molar-refractivity contribution in [1.82, 2.24) is 0 Å². The fourth-order valence-corrected chi connectivity index (χ4v) is 8.75. The van der Waals surface area contributed by atoms with Gasteiger partial charge in [-0.1, -0.05) is 201 Å². The summed E-state index contributed by atoms with van der Waals surface area (Å²) in [4.78, 5) is 30.4. The minimum Gasteiger partial charge on any atom is -0.465 e. The molecule has 6 heteroatoms. The molecule has 0 saturated heterocycles. The molecule has 0 aromatic heterocycles. The normalized spacial score (nSPS) is 15.8. The Morgan fingerprint density at radius 3 is 1.34 bits per heavy atom. The standard InChI is InChI=1S/C52H97NO5/c1-5-9-13-17-19-26-37-48(35-24-15-11-7-3)51(55)57-42-29-22-21-23-32-46(33-31-34-47-40-41-53-45-47)44-50(54)39-28-30-43-58-52(56)49(36-25-16-12-8-4)38-27-20-18-14-10-6-2/h40-41,45-50,54H,5-39,42-44H2,1-4H3. The van der Waals surface area contributed by atoms with Crippen LogP contribution in [0.5, 0.6) is 0 Å². The first-order valence-electron chi connectivity index (χ1n) is 25.7. The van der Waals surface area contributed by atoms with Crippen molar-refractivity contribution >= 4 is 18.2 Å². The third-order valence-electron chi connectivity index (χ3n) is 12.7. The van der Waals surface area contributed by atoms with E-state index in [0.717, 1.165) is 128 Å².